The average Bonchev–Trinajstić information content (AvgIpc) is 3.32. The van der Waals surface area contributed by atoms with Crippen LogP contribution in [0.1, 0.15) is 52.5 Å². The van der Waals surface area contributed by atoms with Crippen molar-refractivity contribution in [2.24, 2.45) is 5.92 Å². The van der Waals surface area contributed by atoms with Gasteiger partial charge in [0, 0.05) is 43.4 Å². The molecular weight excluding hydrogens is 527 g/mol. The highest BCUT2D eigenvalue weighted by molar-refractivity contribution is 8.00. The first-order valence-corrected chi connectivity index (χ1v) is 13.2. The van der Waals surface area contributed by atoms with E-state index in [1.54, 1.807) is 0 Å². The number of thioether (sulfide) groups is 1. The molecule has 4 rings (SSSR count). The molecule has 2 heterocycles. The summed E-state index contributed by atoms with van der Waals surface area (Å²) in [5.74, 6) is -5.65. The number of carbonyl (C=O) groups excluding carboxylic acids is 3. The van der Waals surface area contributed by atoms with Gasteiger partial charge < -0.3 is 14.2 Å². The molecule has 1 aliphatic carbocycles. The molecule has 1 saturated heterocycles. The number of ether oxygens (including phenoxy) is 3. The molecule has 1 aromatic carbocycles. The molecule has 13 heteroatoms. The third-order valence-electron chi connectivity index (χ3n) is 6.59. The molecule has 6 atom stereocenters. The van der Waals surface area contributed by atoms with Gasteiger partial charge in [-0.25, -0.2) is 17.9 Å². The maximum Gasteiger partial charge on any atom is 0.303 e. The van der Waals surface area contributed by atoms with Gasteiger partial charge in [-0.3, -0.25) is 14.4 Å². The molecule has 3 unspecified atom stereocenters. The maximum atomic E-state index is 13.8. The lowest BCUT2D eigenvalue weighted by molar-refractivity contribution is -0.191. The van der Waals surface area contributed by atoms with Crippen molar-refractivity contribution in [1.29, 1.82) is 0 Å². The highest BCUT2D eigenvalue weighted by Gasteiger charge is 2.48. The third-order valence-corrected chi connectivity index (χ3v) is 8.19. The van der Waals surface area contributed by atoms with Gasteiger partial charge in [0.15, 0.2) is 23.6 Å². The predicted octanol–water partition coefficient (Wildman–Crippen LogP) is 4.00. The van der Waals surface area contributed by atoms with Gasteiger partial charge in [0.25, 0.3) is 0 Å². The second-order valence-electron chi connectivity index (χ2n) is 9.50. The summed E-state index contributed by atoms with van der Waals surface area (Å²) in [6.45, 7) is 4.14. The molecule has 1 aromatic heterocycles. The Hall–Kier alpha value is -2.93. The van der Waals surface area contributed by atoms with Gasteiger partial charge in [-0.1, -0.05) is 12.1 Å². The van der Waals surface area contributed by atoms with Crippen molar-refractivity contribution in [3.63, 3.8) is 0 Å². The lowest BCUT2D eigenvalue weighted by atomic mass is 9.90. The molecule has 2 aliphatic rings. The van der Waals surface area contributed by atoms with E-state index in [-0.39, 0.29) is 34.8 Å². The molecule has 1 saturated carbocycles. The average molecular weight is 556 g/mol. The number of aromatic nitrogens is 3. The van der Waals surface area contributed by atoms with Crippen molar-refractivity contribution in [1.82, 2.24) is 15.0 Å². The van der Waals surface area contributed by atoms with E-state index >= 15 is 0 Å². The summed E-state index contributed by atoms with van der Waals surface area (Å²) in [5, 5.41) is 8.18. The fourth-order valence-electron chi connectivity index (χ4n) is 4.82. The molecule has 38 heavy (non-hydrogen) atoms. The predicted molar refractivity (Wildman–Crippen MR) is 129 cm³/mol. The number of carbonyl (C=O) groups is 3. The standard InChI is InChI=1S/C25H28F3N3O6S/c1-12-23(31-10-20(29-30-31)15-7-18(26)22(28)19(27)8-15)24(36-14(3)33)21(11-35-13(2)32)37-25(12)38-17-6-4-5-16(34)9-17/h7-8,10,12,17,21,23-25H,4-6,9,11H2,1-3H3/t12?,17?,21?,23-,24+,25-/m1/s1. The molecule has 1 aliphatic heterocycles. The monoisotopic (exact) mass is 555 g/mol. The largest absolute Gasteiger partial charge is 0.463 e. The second-order valence-corrected chi connectivity index (χ2v) is 10.9. The van der Waals surface area contributed by atoms with Gasteiger partial charge in [0.2, 0.25) is 0 Å². The highest BCUT2D eigenvalue weighted by atomic mass is 32.2. The molecule has 0 radical (unpaired) electrons. The van der Waals surface area contributed by atoms with E-state index in [1.165, 1.54) is 36.5 Å². The van der Waals surface area contributed by atoms with Crippen molar-refractivity contribution in [3.8, 4) is 11.3 Å². The smallest absolute Gasteiger partial charge is 0.303 e. The van der Waals surface area contributed by atoms with E-state index in [0.29, 0.717) is 12.8 Å². The van der Waals surface area contributed by atoms with E-state index in [1.807, 2.05) is 6.92 Å². The van der Waals surface area contributed by atoms with E-state index in [0.717, 1.165) is 25.0 Å². The zero-order chi connectivity index (χ0) is 27.6. The molecule has 206 valence electrons. The number of rotatable bonds is 7. The first-order valence-electron chi connectivity index (χ1n) is 12.2. The number of Topliss-reactive ketones (excluding diaryl/α,β-unsaturated/α-hetero) is 1. The van der Waals surface area contributed by atoms with Crippen molar-refractivity contribution < 1.29 is 41.8 Å². The van der Waals surface area contributed by atoms with Gasteiger partial charge in [-0.15, -0.1) is 16.9 Å². The SMILES string of the molecule is CC(=O)OCC1O[C@H](SC2CCCC(=O)C2)C(C)[C@@H](n2cc(-c3cc(F)c(F)c(F)c3)nn2)[C@H]1OC(C)=O. The molecule has 0 N–H and O–H groups in total. The summed E-state index contributed by atoms with van der Waals surface area (Å²) >= 11 is 1.49. The Bertz CT molecular complexity index is 1190. The van der Waals surface area contributed by atoms with Crippen LogP contribution < -0.4 is 0 Å². The van der Waals surface area contributed by atoms with E-state index in [4.69, 9.17) is 14.2 Å². The van der Waals surface area contributed by atoms with Gasteiger partial charge >= 0.3 is 11.9 Å². The molecule has 9 nitrogen and oxygen atoms in total. The Balaban J connectivity index is 1.69. The summed E-state index contributed by atoms with van der Waals surface area (Å²) in [6.07, 6.45) is 2.19. The fourth-order valence-corrected chi connectivity index (χ4v) is 6.40. The second kappa shape index (κ2) is 11.9. The van der Waals surface area contributed by atoms with Gasteiger partial charge in [0.05, 0.1) is 12.2 Å². The van der Waals surface area contributed by atoms with Crippen LogP contribution in [0, 0.1) is 23.4 Å². The molecule has 0 spiro atoms. The van der Waals surface area contributed by atoms with Crippen LogP contribution in [0.15, 0.2) is 18.3 Å². The third kappa shape index (κ3) is 6.37. The lowest BCUT2D eigenvalue weighted by Crippen LogP contribution is -2.54. The fraction of sp³-hybridized carbons (Fsp3) is 0.560. The van der Waals surface area contributed by atoms with Crippen LogP contribution in [0.25, 0.3) is 11.3 Å². The molecule has 2 aromatic rings. The molecule has 0 bridgehead atoms. The van der Waals surface area contributed by atoms with Crippen LogP contribution in [0.5, 0.6) is 0 Å². The zero-order valence-electron chi connectivity index (χ0n) is 21.1. The van der Waals surface area contributed by atoms with Crippen LogP contribution in [-0.2, 0) is 28.6 Å². The van der Waals surface area contributed by atoms with Crippen LogP contribution in [-0.4, -0.2) is 62.2 Å². The summed E-state index contributed by atoms with van der Waals surface area (Å²) in [4.78, 5) is 35.7. The van der Waals surface area contributed by atoms with Gasteiger partial charge in [-0.05, 0) is 25.0 Å². The Morgan fingerprint density at radius 1 is 1.18 bits per heavy atom. The Labute approximate surface area is 221 Å². The minimum atomic E-state index is -1.59. The summed E-state index contributed by atoms with van der Waals surface area (Å²) in [6, 6.07) is 0.944. The number of ketones is 1. The Kier molecular flexibility index (Phi) is 8.76. The summed E-state index contributed by atoms with van der Waals surface area (Å²) in [5.41, 5.74) is -0.446. The lowest BCUT2D eigenvalue weighted by Gasteiger charge is -2.45. The van der Waals surface area contributed by atoms with Gasteiger partial charge in [-0.2, -0.15) is 0 Å². The first-order chi connectivity index (χ1) is 18.0. The van der Waals surface area contributed by atoms with Gasteiger partial charge in [0.1, 0.15) is 29.6 Å². The van der Waals surface area contributed by atoms with E-state index in [2.05, 4.69) is 10.3 Å². The van der Waals surface area contributed by atoms with Crippen LogP contribution in [0.3, 0.4) is 0 Å². The molecule has 0 amide bonds. The highest BCUT2D eigenvalue weighted by Crippen LogP contribution is 2.44. The number of halogens is 3. The van der Waals surface area contributed by atoms with Crippen LogP contribution in [0.4, 0.5) is 13.2 Å². The quantitative estimate of drug-likeness (QED) is 0.370. The van der Waals surface area contributed by atoms with Crippen molar-refractivity contribution in [3.05, 3.63) is 35.8 Å². The van der Waals surface area contributed by atoms with E-state index < -0.39 is 53.1 Å². The maximum absolute atomic E-state index is 13.8. The van der Waals surface area contributed by atoms with E-state index in [9.17, 15) is 27.6 Å². The van der Waals surface area contributed by atoms with Crippen molar-refractivity contribution in [2.75, 3.05) is 6.61 Å². The molecule has 2 fully saturated rings. The normalized spacial score (nSPS) is 27.7. The number of hydrogen-bond donors (Lipinski definition) is 0. The Morgan fingerprint density at radius 3 is 2.53 bits per heavy atom. The number of nitrogens with zero attached hydrogens (tertiary/aromatic N) is 3. The zero-order valence-corrected chi connectivity index (χ0v) is 21.9. The minimum Gasteiger partial charge on any atom is -0.463 e. The minimum absolute atomic E-state index is 0.0282. The first kappa shape index (κ1) is 28.1. The van der Waals surface area contributed by atoms with Crippen molar-refractivity contribution in [2.45, 2.75) is 75.4 Å². The number of hydrogen-bond acceptors (Lipinski definition) is 9. The summed E-state index contributed by atoms with van der Waals surface area (Å²) in [7, 11) is 0. The summed E-state index contributed by atoms with van der Waals surface area (Å²) < 4.78 is 59.7. The molecular formula is C25H28F3N3O6S. The van der Waals surface area contributed by atoms with Crippen molar-refractivity contribution >= 4 is 29.5 Å². The van der Waals surface area contributed by atoms with Crippen LogP contribution >= 0.6 is 11.8 Å². The Morgan fingerprint density at radius 2 is 1.89 bits per heavy atom. The number of benzene rings is 1. The van der Waals surface area contributed by atoms with Crippen LogP contribution in [0.2, 0.25) is 0 Å². The topological polar surface area (TPSA) is 110 Å². The number of esters is 2.